The fourth-order valence-electron chi connectivity index (χ4n) is 2.16. The molecule has 2 aromatic carbocycles. The molecule has 1 N–H and O–H groups in total. The molecule has 2 rings (SSSR count). The van der Waals surface area contributed by atoms with Crippen LogP contribution < -0.4 is 19.5 Å². The molecule has 0 heterocycles. The lowest BCUT2D eigenvalue weighted by atomic mass is 10.2. The van der Waals surface area contributed by atoms with E-state index in [9.17, 15) is 4.79 Å². The van der Waals surface area contributed by atoms with E-state index in [0.29, 0.717) is 31.3 Å². The van der Waals surface area contributed by atoms with Gasteiger partial charge in [0.05, 0.1) is 20.3 Å². The molecule has 0 fully saturated rings. The Hall–Kier alpha value is -2.95. The Kier molecular flexibility index (Phi) is 7.38. The molecule has 5 heteroatoms. The van der Waals surface area contributed by atoms with E-state index in [0.717, 1.165) is 11.3 Å². The number of para-hydroxylation sites is 1. The zero-order valence-corrected chi connectivity index (χ0v) is 14.5. The van der Waals surface area contributed by atoms with Gasteiger partial charge in [0.25, 0.3) is 0 Å². The highest BCUT2D eigenvalue weighted by molar-refractivity contribution is 5.91. The summed E-state index contributed by atoms with van der Waals surface area (Å²) in [5.41, 5.74) is 0.861. The largest absolute Gasteiger partial charge is 0.493 e. The van der Waals surface area contributed by atoms with E-state index in [2.05, 4.69) is 5.32 Å². The maximum Gasteiger partial charge on any atom is 0.244 e. The Morgan fingerprint density at radius 2 is 1.88 bits per heavy atom. The number of hydrogen-bond donors (Lipinski definition) is 1. The Balaban J connectivity index is 1.80. The van der Waals surface area contributed by atoms with E-state index in [1.54, 1.807) is 13.2 Å². The molecule has 0 atom stereocenters. The van der Waals surface area contributed by atoms with E-state index >= 15 is 0 Å². The second-order valence-corrected chi connectivity index (χ2v) is 5.13. The fourth-order valence-corrected chi connectivity index (χ4v) is 2.16. The molecule has 0 aliphatic rings. The first kappa shape index (κ1) is 18.4. The van der Waals surface area contributed by atoms with Gasteiger partial charge in [-0.1, -0.05) is 24.3 Å². The first-order valence-electron chi connectivity index (χ1n) is 8.17. The predicted octanol–water partition coefficient (Wildman–Crippen LogP) is 3.30. The highest BCUT2D eigenvalue weighted by Gasteiger charge is 2.04. The van der Waals surface area contributed by atoms with E-state index in [1.165, 1.54) is 6.08 Å². The topological polar surface area (TPSA) is 56.8 Å². The number of hydrogen-bond acceptors (Lipinski definition) is 4. The average Bonchev–Trinajstić information content (AvgIpc) is 2.65. The van der Waals surface area contributed by atoms with Gasteiger partial charge in [-0.05, 0) is 42.8 Å². The molecule has 0 saturated heterocycles. The summed E-state index contributed by atoms with van der Waals surface area (Å²) in [6, 6.07) is 15.0. The fraction of sp³-hybridized carbons (Fsp3) is 0.250. The van der Waals surface area contributed by atoms with E-state index < -0.39 is 0 Å². The van der Waals surface area contributed by atoms with Crippen LogP contribution in [0.3, 0.4) is 0 Å². The quantitative estimate of drug-likeness (QED) is 0.562. The molecule has 0 aliphatic carbocycles. The van der Waals surface area contributed by atoms with Gasteiger partial charge in [0.2, 0.25) is 5.91 Å². The third-order valence-corrected chi connectivity index (χ3v) is 3.33. The second kappa shape index (κ2) is 10.0. The van der Waals surface area contributed by atoms with Crippen LogP contribution in [0.15, 0.2) is 54.6 Å². The van der Waals surface area contributed by atoms with Crippen LogP contribution in [0.2, 0.25) is 0 Å². The van der Waals surface area contributed by atoms with Gasteiger partial charge in [-0.25, -0.2) is 0 Å². The first-order valence-corrected chi connectivity index (χ1v) is 8.17. The molecule has 5 nitrogen and oxygen atoms in total. The molecule has 25 heavy (non-hydrogen) atoms. The maximum absolute atomic E-state index is 11.9. The average molecular weight is 341 g/mol. The standard InChI is InChI=1S/C20H23NO4/c1-3-24-19-15-16(9-11-18(19)23-2)10-12-20(22)21-13-14-25-17-7-5-4-6-8-17/h4-12,15H,3,13-14H2,1-2H3,(H,21,22)/b12-10+. The van der Waals surface area contributed by atoms with Crippen molar-refractivity contribution in [2.75, 3.05) is 26.9 Å². The normalized spacial score (nSPS) is 10.5. The summed E-state index contributed by atoms with van der Waals surface area (Å²) in [4.78, 5) is 11.9. The highest BCUT2D eigenvalue weighted by Crippen LogP contribution is 2.28. The van der Waals surface area contributed by atoms with E-state index in [4.69, 9.17) is 14.2 Å². The van der Waals surface area contributed by atoms with Gasteiger partial charge in [0.15, 0.2) is 11.5 Å². The van der Waals surface area contributed by atoms with Crippen LogP contribution in [0.5, 0.6) is 17.2 Å². The second-order valence-electron chi connectivity index (χ2n) is 5.13. The molecule has 1 amide bonds. The van der Waals surface area contributed by atoms with Crippen molar-refractivity contribution in [1.82, 2.24) is 5.32 Å². The van der Waals surface area contributed by atoms with Crippen molar-refractivity contribution in [3.05, 3.63) is 60.2 Å². The van der Waals surface area contributed by atoms with E-state index in [1.807, 2.05) is 55.5 Å². The monoisotopic (exact) mass is 341 g/mol. The van der Waals surface area contributed by atoms with Gasteiger partial charge in [0.1, 0.15) is 12.4 Å². The number of nitrogens with one attached hydrogen (secondary N) is 1. The molecular formula is C20H23NO4. The third-order valence-electron chi connectivity index (χ3n) is 3.33. The van der Waals surface area contributed by atoms with Crippen LogP contribution >= 0.6 is 0 Å². The molecule has 0 saturated carbocycles. The molecule has 0 aromatic heterocycles. The van der Waals surface area contributed by atoms with Crippen molar-refractivity contribution in [2.24, 2.45) is 0 Å². The highest BCUT2D eigenvalue weighted by atomic mass is 16.5. The van der Waals surface area contributed by atoms with Crippen LogP contribution in [0.1, 0.15) is 12.5 Å². The van der Waals surface area contributed by atoms with Gasteiger partial charge in [-0.3, -0.25) is 4.79 Å². The van der Waals surface area contributed by atoms with Crippen LogP contribution in [0, 0.1) is 0 Å². The molecule has 0 unspecified atom stereocenters. The summed E-state index contributed by atoms with van der Waals surface area (Å²) < 4.78 is 16.3. The van der Waals surface area contributed by atoms with Gasteiger partial charge < -0.3 is 19.5 Å². The number of rotatable bonds is 9. The third kappa shape index (κ3) is 6.22. The number of methoxy groups -OCH3 is 1. The molecule has 0 bridgehead atoms. The van der Waals surface area contributed by atoms with Crippen molar-refractivity contribution in [1.29, 1.82) is 0 Å². The number of carbonyl (C=O) groups excluding carboxylic acids is 1. The zero-order chi connectivity index (χ0) is 17.9. The lowest BCUT2D eigenvalue weighted by Crippen LogP contribution is -2.26. The molecule has 2 aromatic rings. The van der Waals surface area contributed by atoms with Crippen molar-refractivity contribution < 1.29 is 19.0 Å². The lowest BCUT2D eigenvalue weighted by molar-refractivity contribution is -0.116. The minimum atomic E-state index is -0.176. The van der Waals surface area contributed by atoms with Crippen molar-refractivity contribution >= 4 is 12.0 Å². The minimum Gasteiger partial charge on any atom is -0.493 e. The van der Waals surface area contributed by atoms with Crippen LogP contribution in [-0.4, -0.2) is 32.8 Å². The number of benzene rings is 2. The SMILES string of the molecule is CCOc1cc(/C=C/C(=O)NCCOc2ccccc2)ccc1OC. The number of ether oxygens (including phenoxy) is 3. The van der Waals surface area contributed by atoms with E-state index in [-0.39, 0.29) is 5.91 Å². The van der Waals surface area contributed by atoms with Gasteiger partial charge in [0, 0.05) is 6.08 Å². The van der Waals surface area contributed by atoms with Crippen molar-refractivity contribution in [2.45, 2.75) is 6.92 Å². The van der Waals surface area contributed by atoms with Gasteiger partial charge in [-0.15, -0.1) is 0 Å². The molecule has 0 radical (unpaired) electrons. The molecule has 0 aliphatic heterocycles. The lowest BCUT2D eigenvalue weighted by Gasteiger charge is -2.09. The summed E-state index contributed by atoms with van der Waals surface area (Å²) in [6.45, 7) is 3.31. The Morgan fingerprint density at radius 3 is 2.60 bits per heavy atom. The Morgan fingerprint density at radius 1 is 1.08 bits per heavy atom. The van der Waals surface area contributed by atoms with Crippen LogP contribution in [-0.2, 0) is 4.79 Å². The zero-order valence-electron chi connectivity index (χ0n) is 14.5. The number of carbonyl (C=O) groups is 1. The summed E-state index contributed by atoms with van der Waals surface area (Å²) in [7, 11) is 1.60. The minimum absolute atomic E-state index is 0.176. The summed E-state index contributed by atoms with van der Waals surface area (Å²) in [5.74, 6) is 1.93. The van der Waals surface area contributed by atoms with Crippen molar-refractivity contribution in [3.63, 3.8) is 0 Å². The van der Waals surface area contributed by atoms with Gasteiger partial charge >= 0.3 is 0 Å². The number of amides is 1. The molecule has 132 valence electrons. The summed E-state index contributed by atoms with van der Waals surface area (Å²) in [6.07, 6.45) is 3.22. The predicted molar refractivity (Wildman–Crippen MR) is 98.1 cm³/mol. The van der Waals surface area contributed by atoms with Crippen LogP contribution in [0.25, 0.3) is 6.08 Å². The first-order chi connectivity index (χ1) is 12.2. The summed E-state index contributed by atoms with van der Waals surface area (Å²) in [5, 5.41) is 2.78. The smallest absolute Gasteiger partial charge is 0.244 e. The van der Waals surface area contributed by atoms with Crippen LogP contribution in [0.4, 0.5) is 0 Å². The summed E-state index contributed by atoms with van der Waals surface area (Å²) >= 11 is 0. The molecular weight excluding hydrogens is 318 g/mol. The maximum atomic E-state index is 11.9. The van der Waals surface area contributed by atoms with Gasteiger partial charge in [-0.2, -0.15) is 0 Å². The Labute approximate surface area is 148 Å². The van der Waals surface area contributed by atoms with Crippen molar-refractivity contribution in [3.8, 4) is 17.2 Å². The Bertz CT molecular complexity index is 698. The molecule has 0 spiro atoms.